The summed E-state index contributed by atoms with van der Waals surface area (Å²) in [6.07, 6.45) is 4.64. The van der Waals surface area contributed by atoms with E-state index in [1.54, 1.807) is 7.11 Å². The van der Waals surface area contributed by atoms with E-state index in [1.807, 2.05) is 25.1 Å². The standard InChI is InChI=1S/C15H19N3O/c1-10-8-13(19-3)6-7-14(10)17-15-16-11(2)9-18(15)12-4-5-12/h6-9,12H,4-5H2,1-3H3,(H,16,17). The maximum absolute atomic E-state index is 5.23. The van der Waals surface area contributed by atoms with E-state index in [0.717, 1.165) is 28.6 Å². The molecule has 100 valence electrons. The van der Waals surface area contributed by atoms with Crippen LogP contribution in [0.4, 0.5) is 11.6 Å². The Labute approximate surface area is 113 Å². The summed E-state index contributed by atoms with van der Waals surface area (Å²) in [6.45, 7) is 4.10. The van der Waals surface area contributed by atoms with E-state index in [2.05, 4.69) is 28.0 Å². The number of hydrogen-bond donors (Lipinski definition) is 1. The van der Waals surface area contributed by atoms with Gasteiger partial charge in [-0.1, -0.05) is 0 Å². The summed E-state index contributed by atoms with van der Waals surface area (Å²) in [5, 5.41) is 3.43. The van der Waals surface area contributed by atoms with Crippen molar-refractivity contribution in [1.82, 2.24) is 9.55 Å². The van der Waals surface area contributed by atoms with E-state index in [1.165, 1.54) is 12.8 Å². The van der Waals surface area contributed by atoms with Crippen molar-refractivity contribution < 1.29 is 4.74 Å². The summed E-state index contributed by atoms with van der Waals surface area (Å²) in [6, 6.07) is 6.66. The third-order valence-electron chi connectivity index (χ3n) is 3.47. The third-order valence-corrected chi connectivity index (χ3v) is 3.47. The molecule has 0 unspecified atom stereocenters. The first-order valence-corrected chi connectivity index (χ1v) is 6.64. The zero-order valence-electron chi connectivity index (χ0n) is 11.6. The van der Waals surface area contributed by atoms with Crippen LogP contribution in [0.2, 0.25) is 0 Å². The second-order valence-corrected chi connectivity index (χ2v) is 5.15. The Bertz CT molecular complexity index is 599. The Morgan fingerprint density at radius 2 is 2.11 bits per heavy atom. The molecule has 0 saturated heterocycles. The number of ether oxygens (including phenoxy) is 1. The van der Waals surface area contributed by atoms with Crippen LogP contribution in [0.1, 0.15) is 30.1 Å². The van der Waals surface area contributed by atoms with Gasteiger partial charge in [-0.25, -0.2) is 4.98 Å². The van der Waals surface area contributed by atoms with Crippen molar-refractivity contribution in [3.05, 3.63) is 35.7 Å². The molecule has 1 saturated carbocycles. The number of nitrogens with one attached hydrogen (secondary N) is 1. The van der Waals surface area contributed by atoms with Crippen molar-refractivity contribution in [3.8, 4) is 5.75 Å². The zero-order chi connectivity index (χ0) is 13.4. The van der Waals surface area contributed by atoms with Crippen molar-refractivity contribution in [3.63, 3.8) is 0 Å². The maximum Gasteiger partial charge on any atom is 0.207 e. The number of aryl methyl sites for hydroxylation is 2. The van der Waals surface area contributed by atoms with Gasteiger partial charge in [-0.05, 0) is 50.5 Å². The van der Waals surface area contributed by atoms with Crippen molar-refractivity contribution in [2.24, 2.45) is 0 Å². The third kappa shape index (κ3) is 2.43. The normalized spacial score (nSPS) is 14.5. The topological polar surface area (TPSA) is 39.1 Å². The van der Waals surface area contributed by atoms with Crippen LogP contribution in [0.5, 0.6) is 5.75 Å². The zero-order valence-corrected chi connectivity index (χ0v) is 11.6. The summed E-state index contributed by atoms with van der Waals surface area (Å²) in [7, 11) is 1.69. The Kier molecular flexibility index (Phi) is 2.93. The fourth-order valence-corrected chi connectivity index (χ4v) is 2.26. The van der Waals surface area contributed by atoms with Gasteiger partial charge in [0.25, 0.3) is 0 Å². The molecule has 1 fully saturated rings. The van der Waals surface area contributed by atoms with Crippen LogP contribution in [0.3, 0.4) is 0 Å². The molecule has 0 radical (unpaired) electrons. The lowest BCUT2D eigenvalue weighted by molar-refractivity contribution is 0.414. The molecule has 19 heavy (non-hydrogen) atoms. The Morgan fingerprint density at radius 1 is 1.32 bits per heavy atom. The van der Waals surface area contributed by atoms with Gasteiger partial charge in [0, 0.05) is 17.9 Å². The van der Waals surface area contributed by atoms with E-state index in [0.29, 0.717) is 6.04 Å². The minimum Gasteiger partial charge on any atom is -0.497 e. The molecular formula is C15H19N3O. The number of methoxy groups -OCH3 is 1. The predicted molar refractivity (Wildman–Crippen MR) is 76.2 cm³/mol. The molecule has 1 heterocycles. The van der Waals surface area contributed by atoms with Gasteiger partial charge in [0.2, 0.25) is 5.95 Å². The first-order chi connectivity index (χ1) is 9.17. The molecule has 0 aliphatic heterocycles. The molecular weight excluding hydrogens is 238 g/mol. The summed E-state index contributed by atoms with van der Waals surface area (Å²) in [5.41, 5.74) is 3.29. The van der Waals surface area contributed by atoms with Crippen LogP contribution >= 0.6 is 0 Å². The van der Waals surface area contributed by atoms with E-state index < -0.39 is 0 Å². The second-order valence-electron chi connectivity index (χ2n) is 5.15. The van der Waals surface area contributed by atoms with E-state index in [-0.39, 0.29) is 0 Å². The number of imidazole rings is 1. The van der Waals surface area contributed by atoms with Crippen molar-refractivity contribution in [2.45, 2.75) is 32.7 Å². The monoisotopic (exact) mass is 257 g/mol. The Balaban J connectivity index is 1.88. The van der Waals surface area contributed by atoms with Crippen LogP contribution in [0.25, 0.3) is 0 Å². The predicted octanol–water partition coefficient (Wildman–Crippen LogP) is 3.59. The van der Waals surface area contributed by atoms with Gasteiger partial charge in [0.1, 0.15) is 5.75 Å². The van der Waals surface area contributed by atoms with E-state index >= 15 is 0 Å². The second kappa shape index (κ2) is 4.61. The van der Waals surface area contributed by atoms with Gasteiger partial charge in [0.05, 0.1) is 12.8 Å². The van der Waals surface area contributed by atoms with Crippen LogP contribution in [-0.4, -0.2) is 16.7 Å². The lowest BCUT2D eigenvalue weighted by Gasteiger charge is -2.12. The first kappa shape index (κ1) is 12.1. The number of benzene rings is 1. The van der Waals surface area contributed by atoms with Crippen LogP contribution < -0.4 is 10.1 Å². The number of hydrogen-bond acceptors (Lipinski definition) is 3. The minimum absolute atomic E-state index is 0.627. The highest BCUT2D eigenvalue weighted by Crippen LogP contribution is 2.38. The van der Waals surface area contributed by atoms with Gasteiger partial charge in [-0.3, -0.25) is 0 Å². The lowest BCUT2D eigenvalue weighted by atomic mass is 10.2. The molecule has 3 rings (SSSR count). The molecule has 1 N–H and O–H groups in total. The summed E-state index contributed by atoms with van der Waals surface area (Å²) in [5.74, 6) is 1.82. The highest BCUT2D eigenvalue weighted by molar-refractivity contribution is 5.60. The number of anilines is 2. The molecule has 0 amide bonds. The van der Waals surface area contributed by atoms with Gasteiger partial charge < -0.3 is 14.6 Å². The SMILES string of the molecule is COc1ccc(Nc2nc(C)cn2C2CC2)c(C)c1. The number of nitrogens with zero attached hydrogens (tertiary/aromatic N) is 2. The molecule has 1 aliphatic carbocycles. The molecule has 2 aromatic rings. The molecule has 4 nitrogen and oxygen atoms in total. The molecule has 0 spiro atoms. The maximum atomic E-state index is 5.23. The van der Waals surface area contributed by atoms with Crippen LogP contribution in [0.15, 0.2) is 24.4 Å². The quantitative estimate of drug-likeness (QED) is 0.909. The summed E-state index contributed by atoms with van der Waals surface area (Å²) < 4.78 is 7.48. The Hall–Kier alpha value is -1.97. The van der Waals surface area contributed by atoms with Gasteiger partial charge in [-0.2, -0.15) is 0 Å². The first-order valence-electron chi connectivity index (χ1n) is 6.64. The van der Waals surface area contributed by atoms with E-state index in [4.69, 9.17) is 4.74 Å². The minimum atomic E-state index is 0.627. The fraction of sp³-hybridized carbons (Fsp3) is 0.400. The van der Waals surface area contributed by atoms with Crippen LogP contribution in [0, 0.1) is 13.8 Å². The smallest absolute Gasteiger partial charge is 0.207 e. The molecule has 1 aromatic carbocycles. The summed E-state index contributed by atoms with van der Waals surface area (Å²) >= 11 is 0. The molecule has 0 atom stereocenters. The average molecular weight is 257 g/mol. The largest absolute Gasteiger partial charge is 0.497 e. The molecule has 1 aromatic heterocycles. The van der Waals surface area contributed by atoms with Gasteiger partial charge in [0.15, 0.2) is 0 Å². The molecule has 4 heteroatoms. The fourth-order valence-electron chi connectivity index (χ4n) is 2.26. The number of aromatic nitrogens is 2. The highest BCUT2D eigenvalue weighted by Gasteiger charge is 2.26. The number of rotatable bonds is 4. The van der Waals surface area contributed by atoms with Crippen molar-refractivity contribution in [1.29, 1.82) is 0 Å². The van der Waals surface area contributed by atoms with Crippen LogP contribution in [-0.2, 0) is 0 Å². The highest BCUT2D eigenvalue weighted by atomic mass is 16.5. The lowest BCUT2D eigenvalue weighted by Crippen LogP contribution is -2.02. The van der Waals surface area contributed by atoms with Crippen molar-refractivity contribution in [2.75, 3.05) is 12.4 Å². The van der Waals surface area contributed by atoms with Gasteiger partial charge in [-0.15, -0.1) is 0 Å². The average Bonchev–Trinajstić information content (AvgIpc) is 3.16. The van der Waals surface area contributed by atoms with Gasteiger partial charge >= 0.3 is 0 Å². The van der Waals surface area contributed by atoms with Crippen molar-refractivity contribution >= 4 is 11.6 Å². The van der Waals surface area contributed by atoms with E-state index in [9.17, 15) is 0 Å². The summed E-state index contributed by atoms with van der Waals surface area (Å²) in [4.78, 5) is 4.57. The Morgan fingerprint density at radius 3 is 2.74 bits per heavy atom. The molecule has 0 bridgehead atoms. The molecule has 1 aliphatic rings.